The van der Waals surface area contributed by atoms with Crippen molar-refractivity contribution in [3.05, 3.63) is 35.4 Å². The van der Waals surface area contributed by atoms with Crippen molar-refractivity contribution in [2.45, 2.75) is 101 Å². The summed E-state index contributed by atoms with van der Waals surface area (Å²) in [6, 6.07) is 5.13. The van der Waals surface area contributed by atoms with Crippen LogP contribution in [0.5, 0.6) is 0 Å². The van der Waals surface area contributed by atoms with Crippen LogP contribution in [0.2, 0.25) is 0 Å². The third-order valence-electron chi connectivity index (χ3n) is 8.14. The third-order valence-corrected chi connectivity index (χ3v) is 8.14. The van der Waals surface area contributed by atoms with E-state index in [9.17, 15) is 18.0 Å². The van der Waals surface area contributed by atoms with Gasteiger partial charge in [0, 0.05) is 12.5 Å². The van der Waals surface area contributed by atoms with Gasteiger partial charge in [0.2, 0.25) is 0 Å². The van der Waals surface area contributed by atoms with Gasteiger partial charge in [-0.3, -0.25) is 0 Å². The summed E-state index contributed by atoms with van der Waals surface area (Å²) in [5.41, 5.74) is -0.467. The molecule has 0 radical (unpaired) electrons. The average molecular weight is 453 g/mol. The Hall–Kier alpha value is -1.56. The van der Waals surface area contributed by atoms with Crippen LogP contribution in [0.4, 0.5) is 13.2 Å². The highest BCUT2D eigenvalue weighted by Crippen LogP contribution is 2.46. The number of rotatable bonds is 5. The molecule has 0 amide bonds. The van der Waals surface area contributed by atoms with E-state index in [2.05, 4.69) is 6.92 Å². The summed E-state index contributed by atoms with van der Waals surface area (Å²) in [5, 5.41) is 0. The van der Waals surface area contributed by atoms with Gasteiger partial charge in [0.25, 0.3) is 0 Å². The summed E-state index contributed by atoms with van der Waals surface area (Å²) in [4.78, 5) is 13.4. The molecule has 3 fully saturated rings. The Kier molecular flexibility index (Phi) is 7.18. The van der Waals surface area contributed by atoms with Crippen LogP contribution in [0, 0.1) is 11.8 Å². The van der Waals surface area contributed by atoms with Crippen LogP contribution in [-0.2, 0) is 20.4 Å². The third kappa shape index (κ3) is 5.00. The van der Waals surface area contributed by atoms with Crippen LogP contribution in [-0.4, -0.2) is 24.3 Å². The van der Waals surface area contributed by atoms with Crippen LogP contribution in [0.25, 0.3) is 0 Å². The first-order valence-corrected chi connectivity index (χ1v) is 12.3. The predicted octanol–water partition coefficient (Wildman–Crippen LogP) is 7.04. The Morgan fingerprint density at radius 3 is 1.91 bits per heavy atom. The number of benzene rings is 1. The first-order chi connectivity index (χ1) is 15.3. The highest BCUT2D eigenvalue weighted by atomic mass is 19.4. The number of carbonyl (C=O) groups is 1. The number of esters is 1. The quantitative estimate of drug-likeness (QED) is 0.450. The SMILES string of the molecule is CC(OC(=O)[C@@H]1OCC[C@@H]1c1ccc(C(F)(F)F)cc1)(C1CCCCC1)C1CCCCC1. The van der Waals surface area contributed by atoms with Crippen molar-refractivity contribution >= 4 is 5.97 Å². The largest absolute Gasteiger partial charge is 0.457 e. The molecule has 0 spiro atoms. The highest BCUT2D eigenvalue weighted by molar-refractivity contribution is 5.77. The van der Waals surface area contributed by atoms with Gasteiger partial charge >= 0.3 is 12.1 Å². The van der Waals surface area contributed by atoms with Crippen molar-refractivity contribution in [2.24, 2.45) is 11.8 Å². The van der Waals surface area contributed by atoms with E-state index in [1.807, 2.05) is 0 Å². The fourth-order valence-electron chi connectivity index (χ4n) is 6.21. The van der Waals surface area contributed by atoms with E-state index in [4.69, 9.17) is 9.47 Å². The number of hydrogen-bond donors (Lipinski definition) is 0. The van der Waals surface area contributed by atoms with E-state index in [-0.39, 0.29) is 11.9 Å². The number of hydrogen-bond acceptors (Lipinski definition) is 3. The molecule has 3 aliphatic rings. The Balaban J connectivity index is 1.51. The van der Waals surface area contributed by atoms with E-state index in [0.29, 0.717) is 30.4 Å². The lowest BCUT2D eigenvalue weighted by Gasteiger charge is -2.46. The Morgan fingerprint density at radius 2 is 1.41 bits per heavy atom. The van der Waals surface area contributed by atoms with E-state index in [1.165, 1.54) is 50.7 Å². The molecule has 0 aromatic heterocycles. The molecule has 0 N–H and O–H groups in total. The molecule has 4 rings (SSSR count). The topological polar surface area (TPSA) is 35.5 Å². The minimum absolute atomic E-state index is 0.272. The summed E-state index contributed by atoms with van der Waals surface area (Å²) in [6.07, 6.45) is 7.05. The standard InChI is InChI=1S/C26H35F3O3/c1-25(19-8-4-2-5-9-19,20-10-6-3-7-11-20)32-24(30)23-22(16-17-31-23)18-12-14-21(15-13-18)26(27,28)29/h12-15,19-20,22-23H,2-11,16-17H2,1H3/t22-,23-/m1/s1. The molecule has 1 aromatic carbocycles. The van der Waals surface area contributed by atoms with Gasteiger partial charge in [0.1, 0.15) is 5.60 Å². The zero-order valence-electron chi connectivity index (χ0n) is 19.0. The number of alkyl halides is 3. The second-order valence-corrected chi connectivity index (χ2v) is 10.1. The van der Waals surface area contributed by atoms with E-state index in [0.717, 1.165) is 37.8 Å². The van der Waals surface area contributed by atoms with Crippen LogP contribution in [0.3, 0.4) is 0 Å². The van der Waals surface area contributed by atoms with Crippen molar-refractivity contribution in [1.82, 2.24) is 0 Å². The second kappa shape index (κ2) is 9.74. The molecule has 2 saturated carbocycles. The van der Waals surface area contributed by atoms with Crippen molar-refractivity contribution in [3.8, 4) is 0 Å². The van der Waals surface area contributed by atoms with Gasteiger partial charge in [-0.25, -0.2) is 4.79 Å². The summed E-state index contributed by atoms with van der Waals surface area (Å²) in [6.45, 7) is 2.55. The first kappa shape index (κ1) is 23.6. The average Bonchev–Trinajstić information content (AvgIpc) is 3.30. The van der Waals surface area contributed by atoms with E-state index in [1.54, 1.807) is 0 Å². The maximum Gasteiger partial charge on any atom is 0.416 e. The monoisotopic (exact) mass is 452 g/mol. The minimum atomic E-state index is -4.37. The molecule has 0 bridgehead atoms. The number of carbonyl (C=O) groups excluding carboxylic acids is 1. The van der Waals surface area contributed by atoms with Crippen LogP contribution >= 0.6 is 0 Å². The molecule has 2 atom stereocenters. The summed E-state index contributed by atoms with van der Waals surface area (Å²) in [5.74, 6) is 0.126. The molecular weight excluding hydrogens is 417 g/mol. The molecule has 178 valence electrons. The van der Waals surface area contributed by atoms with Gasteiger partial charge in [-0.2, -0.15) is 13.2 Å². The highest BCUT2D eigenvalue weighted by Gasteiger charge is 2.48. The van der Waals surface area contributed by atoms with Gasteiger partial charge in [-0.05, 0) is 68.6 Å². The van der Waals surface area contributed by atoms with Crippen molar-refractivity contribution < 1.29 is 27.4 Å². The lowest BCUT2D eigenvalue weighted by molar-refractivity contribution is -0.187. The molecular formula is C26H35F3O3. The first-order valence-electron chi connectivity index (χ1n) is 12.3. The fraction of sp³-hybridized carbons (Fsp3) is 0.731. The Labute approximate surface area is 189 Å². The van der Waals surface area contributed by atoms with Crippen LogP contribution < -0.4 is 0 Å². The lowest BCUT2D eigenvalue weighted by atomic mass is 9.67. The van der Waals surface area contributed by atoms with Gasteiger partial charge in [0.15, 0.2) is 6.10 Å². The summed E-state index contributed by atoms with van der Waals surface area (Å²) in [7, 11) is 0. The molecule has 6 heteroatoms. The Bertz CT molecular complexity index is 744. The van der Waals surface area contributed by atoms with Gasteiger partial charge in [0.05, 0.1) is 5.56 Å². The van der Waals surface area contributed by atoms with Crippen molar-refractivity contribution in [1.29, 1.82) is 0 Å². The zero-order chi connectivity index (χ0) is 22.8. The normalized spacial score (nSPS) is 26.2. The number of halogens is 3. The van der Waals surface area contributed by atoms with Gasteiger partial charge < -0.3 is 9.47 Å². The maximum absolute atomic E-state index is 13.4. The fourth-order valence-corrected chi connectivity index (χ4v) is 6.21. The van der Waals surface area contributed by atoms with E-state index < -0.39 is 23.4 Å². The van der Waals surface area contributed by atoms with Crippen molar-refractivity contribution in [2.75, 3.05) is 6.61 Å². The van der Waals surface area contributed by atoms with E-state index >= 15 is 0 Å². The maximum atomic E-state index is 13.4. The van der Waals surface area contributed by atoms with Gasteiger partial charge in [-0.15, -0.1) is 0 Å². The molecule has 1 aliphatic heterocycles. The molecule has 1 aromatic rings. The molecule has 0 unspecified atom stereocenters. The molecule has 3 nitrogen and oxygen atoms in total. The summed E-state index contributed by atoms with van der Waals surface area (Å²) >= 11 is 0. The minimum Gasteiger partial charge on any atom is -0.457 e. The van der Waals surface area contributed by atoms with Crippen LogP contribution in [0.15, 0.2) is 24.3 Å². The van der Waals surface area contributed by atoms with Crippen molar-refractivity contribution in [3.63, 3.8) is 0 Å². The lowest BCUT2D eigenvalue weighted by Crippen LogP contribution is -2.49. The van der Waals surface area contributed by atoms with Crippen LogP contribution in [0.1, 0.15) is 94.6 Å². The molecule has 32 heavy (non-hydrogen) atoms. The Morgan fingerprint density at radius 1 is 0.875 bits per heavy atom. The molecule has 1 saturated heterocycles. The molecule has 1 heterocycles. The molecule has 2 aliphatic carbocycles. The zero-order valence-corrected chi connectivity index (χ0v) is 19.0. The second-order valence-electron chi connectivity index (χ2n) is 10.1. The smallest absolute Gasteiger partial charge is 0.416 e. The predicted molar refractivity (Wildman–Crippen MR) is 116 cm³/mol. The number of ether oxygens (including phenoxy) is 2. The summed E-state index contributed by atoms with van der Waals surface area (Å²) < 4.78 is 51.0. The van der Waals surface area contributed by atoms with Gasteiger partial charge in [-0.1, -0.05) is 50.7 Å².